The number of carboxylic acid groups (broad SMARTS) is 1. The first kappa shape index (κ1) is 12.0. The summed E-state index contributed by atoms with van der Waals surface area (Å²) in [6.45, 7) is 1.42. The van der Waals surface area contributed by atoms with Gasteiger partial charge in [0.2, 0.25) is 0 Å². The van der Waals surface area contributed by atoms with Crippen molar-refractivity contribution in [3.63, 3.8) is 0 Å². The van der Waals surface area contributed by atoms with Crippen molar-refractivity contribution >= 4 is 16.7 Å². The zero-order chi connectivity index (χ0) is 13.1. The number of rotatable bonds is 3. The molecule has 0 aliphatic rings. The summed E-state index contributed by atoms with van der Waals surface area (Å²) in [5, 5.41) is 20.2. The van der Waals surface area contributed by atoms with E-state index >= 15 is 0 Å². The summed E-state index contributed by atoms with van der Waals surface area (Å²) in [7, 11) is 0. The second-order valence-electron chi connectivity index (χ2n) is 3.86. The lowest BCUT2D eigenvalue weighted by Gasteiger charge is -2.07. The number of phenols is 1. The maximum Gasteiger partial charge on any atom is 0.334 e. The van der Waals surface area contributed by atoms with E-state index in [0.29, 0.717) is 5.39 Å². The summed E-state index contributed by atoms with van der Waals surface area (Å²) in [6, 6.07) is 10.7. The summed E-state index contributed by atoms with van der Waals surface area (Å²) in [6.07, 6.45) is 1.10. The molecule has 4 heteroatoms. The van der Waals surface area contributed by atoms with Crippen LogP contribution in [-0.4, -0.2) is 16.2 Å². The quantitative estimate of drug-likeness (QED) is 0.643. The molecule has 18 heavy (non-hydrogen) atoms. The highest BCUT2D eigenvalue weighted by atomic mass is 16.5. The molecule has 4 nitrogen and oxygen atoms in total. The molecule has 0 atom stereocenters. The van der Waals surface area contributed by atoms with E-state index in [0.717, 1.165) is 11.6 Å². The van der Waals surface area contributed by atoms with Crippen molar-refractivity contribution in [1.29, 1.82) is 0 Å². The zero-order valence-electron chi connectivity index (χ0n) is 9.75. The van der Waals surface area contributed by atoms with Gasteiger partial charge in [0.25, 0.3) is 0 Å². The van der Waals surface area contributed by atoms with Crippen LogP contribution in [0.4, 0.5) is 0 Å². The Morgan fingerprint density at radius 3 is 2.67 bits per heavy atom. The lowest BCUT2D eigenvalue weighted by atomic mass is 10.1. The molecule has 0 aliphatic carbocycles. The highest BCUT2D eigenvalue weighted by Crippen LogP contribution is 2.34. The molecule has 2 rings (SSSR count). The maximum absolute atomic E-state index is 10.6. The summed E-state index contributed by atoms with van der Waals surface area (Å²) in [4.78, 5) is 10.6. The molecule has 0 radical (unpaired) electrons. The van der Waals surface area contributed by atoms with Crippen molar-refractivity contribution in [3.05, 3.63) is 48.2 Å². The molecule has 92 valence electrons. The smallest absolute Gasteiger partial charge is 0.334 e. The Balaban J connectivity index is 2.38. The first-order chi connectivity index (χ1) is 8.59. The number of hydrogen-bond donors (Lipinski definition) is 2. The number of ether oxygens (including phenoxy) is 1. The average molecular weight is 244 g/mol. The van der Waals surface area contributed by atoms with Gasteiger partial charge in [-0.2, -0.15) is 0 Å². The Morgan fingerprint density at radius 1 is 1.22 bits per heavy atom. The second-order valence-corrected chi connectivity index (χ2v) is 3.86. The van der Waals surface area contributed by atoms with Crippen LogP contribution in [0.3, 0.4) is 0 Å². The van der Waals surface area contributed by atoms with E-state index in [1.165, 1.54) is 6.92 Å². The van der Waals surface area contributed by atoms with Crippen molar-refractivity contribution in [2.24, 2.45) is 0 Å². The largest absolute Gasteiger partial charge is 0.504 e. The number of phenolic OH excluding ortho intramolecular Hbond substituents is 1. The van der Waals surface area contributed by atoms with Gasteiger partial charge in [-0.05, 0) is 18.4 Å². The van der Waals surface area contributed by atoms with Crippen LogP contribution in [0.2, 0.25) is 0 Å². The van der Waals surface area contributed by atoms with Gasteiger partial charge in [0.15, 0.2) is 11.5 Å². The lowest BCUT2D eigenvalue weighted by Crippen LogP contribution is -1.98. The molecule has 2 aromatic carbocycles. The first-order valence-corrected chi connectivity index (χ1v) is 5.37. The Labute approximate surface area is 104 Å². The van der Waals surface area contributed by atoms with E-state index in [2.05, 4.69) is 0 Å². The molecular weight excluding hydrogens is 232 g/mol. The van der Waals surface area contributed by atoms with Crippen LogP contribution in [0.15, 0.2) is 48.2 Å². The standard InChI is InChI=1S/C14H12O4/c1-9(14(16)17)8-18-12-7-6-10-4-2-3-5-11(10)13(12)15/h2-8,15H,1H3,(H,16,17). The molecule has 2 N–H and O–H groups in total. The van der Waals surface area contributed by atoms with Gasteiger partial charge in [-0.25, -0.2) is 4.79 Å². The van der Waals surface area contributed by atoms with Crippen molar-refractivity contribution in [1.82, 2.24) is 0 Å². The zero-order valence-corrected chi connectivity index (χ0v) is 9.75. The third kappa shape index (κ3) is 2.27. The fourth-order valence-corrected chi connectivity index (χ4v) is 1.53. The molecule has 0 heterocycles. The van der Waals surface area contributed by atoms with Gasteiger partial charge in [-0.15, -0.1) is 0 Å². The van der Waals surface area contributed by atoms with Crippen LogP contribution in [-0.2, 0) is 4.79 Å². The van der Waals surface area contributed by atoms with Crippen LogP contribution in [0.5, 0.6) is 11.5 Å². The molecule has 0 unspecified atom stereocenters. The summed E-state index contributed by atoms with van der Waals surface area (Å²) in [5.74, 6) is -0.827. The monoisotopic (exact) mass is 244 g/mol. The highest BCUT2D eigenvalue weighted by Gasteiger charge is 2.07. The highest BCUT2D eigenvalue weighted by molar-refractivity contribution is 5.90. The van der Waals surface area contributed by atoms with Crippen LogP contribution in [0.1, 0.15) is 6.92 Å². The third-order valence-corrected chi connectivity index (χ3v) is 2.56. The molecule has 0 saturated heterocycles. The molecule has 2 aromatic rings. The predicted molar refractivity (Wildman–Crippen MR) is 67.6 cm³/mol. The van der Waals surface area contributed by atoms with Crippen LogP contribution < -0.4 is 4.74 Å². The van der Waals surface area contributed by atoms with E-state index in [4.69, 9.17) is 9.84 Å². The summed E-state index contributed by atoms with van der Waals surface area (Å²) < 4.78 is 5.18. The maximum atomic E-state index is 10.6. The van der Waals surface area contributed by atoms with Gasteiger partial charge in [-0.1, -0.05) is 30.3 Å². The minimum atomic E-state index is -1.06. The Morgan fingerprint density at radius 2 is 1.94 bits per heavy atom. The number of aromatic hydroxyl groups is 1. The third-order valence-electron chi connectivity index (χ3n) is 2.56. The number of carboxylic acids is 1. The molecule has 0 saturated carbocycles. The van der Waals surface area contributed by atoms with Gasteiger partial charge < -0.3 is 14.9 Å². The normalized spacial score (nSPS) is 11.5. The molecule has 0 spiro atoms. The Kier molecular flexibility index (Phi) is 3.19. The fourth-order valence-electron chi connectivity index (χ4n) is 1.53. The number of benzene rings is 2. The minimum absolute atomic E-state index is 0.00235. The number of fused-ring (bicyclic) bond motifs is 1. The van der Waals surface area contributed by atoms with Crippen molar-refractivity contribution in [2.75, 3.05) is 0 Å². The van der Waals surface area contributed by atoms with Crippen molar-refractivity contribution in [2.45, 2.75) is 6.92 Å². The molecule has 0 fully saturated rings. The fraction of sp³-hybridized carbons (Fsp3) is 0.0714. The molecule has 0 aliphatic heterocycles. The first-order valence-electron chi connectivity index (χ1n) is 5.37. The molecule has 0 aromatic heterocycles. The van der Waals surface area contributed by atoms with E-state index < -0.39 is 5.97 Å². The van der Waals surface area contributed by atoms with Crippen molar-refractivity contribution in [3.8, 4) is 11.5 Å². The topological polar surface area (TPSA) is 66.8 Å². The van der Waals surface area contributed by atoms with E-state index in [-0.39, 0.29) is 17.1 Å². The number of aliphatic carboxylic acids is 1. The Bertz CT molecular complexity index is 629. The van der Waals surface area contributed by atoms with Gasteiger partial charge in [0.05, 0.1) is 5.57 Å². The molecule has 0 bridgehead atoms. The lowest BCUT2D eigenvalue weighted by molar-refractivity contribution is -0.132. The van der Waals surface area contributed by atoms with Crippen LogP contribution >= 0.6 is 0 Å². The van der Waals surface area contributed by atoms with Crippen LogP contribution in [0, 0.1) is 0 Å². The van der Waals surface area contributed by atoms with Gasteiger partial charge >= 0.3 is 5.97 Å². The van der Waals surface area contributed by atoms with E-state index in [9.17, 15) is 9.90 Å². The SMILES string of the molecule is CC(=COc1ccc2ccccc2c1O)C(=O)O. The average Bonchev–Trinajstić information content (AvgIpc) is 2.38. The number of carbonyl (C=O) groups is 1. The second kappa shape index (κ2) is 4.79. The van der Waals surface area contributed by atoms with Crippen LogP contribution in [0.25, 0.3) is 10.8 Å². The minimum Gasteiger partial charge on any atom is -0.504 e. The van der Waals surface area contributed by atoms with E-state index in [1.54, 1.807) is 18.2 Å². The predicted octanol–water partition coefficient (Wildman–Crippen LogP) is 2.91. The van der Waals surface area contributed by atoms with Gasteiger partial charge in [0, 0.05) is 5.39 Å². The number of hydrogen-bond acceptors (Lipinski definition) is 3. The van der Waals surface area contributed by atoms with E-state index in [1.807, 2.05) is 18.2 Å². The summed E-state index contributed by atoms with van der Waals surface area (Å²) in [5.41, 5.74) is 0.0579. The molecular formula is C14H12O4. The molecule has 0 amide bonds. The van der Waals surface area contributed by atoms with Gasteiger partial charge in [0.1, 0.15) is 6.26 Å². The Hall–Kier alpha value is -2.49. The summed E-state index contributed by atoms with van der Waals surface area (Å²) >= 11 is 0. The van der Waals surface area contributed by atoms with Gasteiger partial charge in [-0.3, -0.25) is 0 Å². The van der Waals surface area contributed by atoms with Crippen molar-refractivity contribution < 1.29 is 19.7 Å².